The first-order chi connectivity index (χ1) is 11.3. The van der Waals surface area contributed by atoms with Gasteiger partial charge in [-0.15, -0.1) is 11.3 Å². The van der Waals surface area contributed by atoms with Gasteiger partial charge in [0.15, 0.2) is 0 Å². The summed E-state index contributed by atoms with van der Waals surface area (Å²) in [6.07, 6.45) is 0. The van der Waals surface area contributed by atoms with Crippen LogP contribution in [0.1, 0.15) is 0 Å². The van der Waals surface area contributed by atoms with Crippen molar-refractivity contribution >= 4 is 11.3 Å². The van der Waals surface area contributed by atoms with Crippen LogP contribution in [-0.4, -0.2) is 14.9 Å². The topological polar surface area (TPSA) is 38.1 Å². The van der Waals surface area contributed by atoms with E-state index in [2.05, 4.69) is 0 Å². The molecule has 4 rings (SSSR count). The van der Waals surface area contributed by atoms with Crippen LogP contribution in [0.3, 0.4) is 0 Å². The zero-order valence-electron chi connectivity index (χ0n) is 12.3. The van der Waals surface area contributed by atoms with Crippen LogP contribution in [0.25, 0.3) is 27.5 Å². The molecule has 0 amide bonds. The van der Waals surface area contributed by atoms with Crippen molar-refractivity contribution in [3.05, 3.63) is 78.2 Å². The summed E-state index contributed by atoms with van der Waals surface area (Å²) in [7, 11) is 0. The Bertz CT molecular complexity index is 926. The SMILES string of the molecule is Oc1ccsc1-c1cc(-c2ccccc2)nn1-c1ccccc1. The maximum Gasteiger partial charge on any atom is 0.135 e. The van der Waals surface area contributed by atoms with E-state index in [1.54, 1.807) is 6.07 Å². The van der Waals surface area contributed by atoms with Crippen LogP contribution >= 0.6 is 11.3 Å². The molecule has 0 fully saturated rings. The summed E-state index contributed by atoms with van der Waals surface area (Å²) < 4.78 is 1.88. The summed E-state index contributed by atoms with van der Waals surface area (Å²) in [5.74, 6) is 0.284. The highest BCUT2D eigenvalue weighted by atomic mass is 32.1. The van der Waals surface area contributed by atoms with Crippen molar-refractivity contribution in [2.24, 2.45) is 0 Å². The van der Waals surface area contributed by atoms with Crippen LogP contribution in [0.5, 0.6) is 5.75 Å². The average Bonchev–Trinajstić information content (AvgIpc) is 3.22. The Morgan fingerprint density at radius 2 is 1.57 bits per heavy atom. The molecule has 0 atom stereocenters. The molecule has 2 aromatic carbocycles. The second kappa shape index (κ2) is 5.74. The molecule has 0 saturated carbocycles. The monoisotopic (exact) mass is 318 g/mol. The number of aromatic hydroxyl groups is 1. The normalized spacial score (nSPS) is 10.8. The summed E-state index contributed by atoms with van der Waals surface area (Å²) in [4.78, 5) is 0.823. The van der Waals surface area contributed by atoms with Gasteiger partial charge in [-0.3, -0.25) is 0 Å². The Hall–Kier alpha value is -2.85. The van der Waals surface area contributed by atoms with Crippen LogP contribution in [0.4, 0.5) is 0 Å². The van der Waals surface area contributed by atoms with Crippen molar-refractivity contribution < 1.29 is 5.11 Å². The quantitative estimate of drug-likeness (QED) is 0.579. The second-order valence-electron chi connectivity index (χ2n) is 5.16. The fourth-order valence-electron chi connectivity index (χ4n) is 2.55. The van der Waals surface area contributed by atoms with Crippen molar-refractivity contribution in [2.45, 2.75) is 0 Å². The molecular weight excluding hydrogens is 304 g/mol. The Balaban J connectivity index is 1.93. The van der Waals surface area contributed by atoms with Gasteiger partial charge in [-0.2, -0.15) is 5.10 Å². The van der Waals surface area contributed by atoms with Crippen LogP contribution in [0, 0.1) is 0 Å². The number of para-hydroxylation sites is 1. The molecule has 0 spiro atoms. The molecule has 0 unspecified atom stereocenters. The fourth-order valence-corrected chi connectivity index (χ4v) is 3.34. The van der Waals surface area contributed by atoms with Gasteiger partial charge in [-0.05, 0) is 29.6 Å². The van der Waals surface area contributed by atoms with Gasteiger partial charge in [0.05, 0.1) is 22.0 Å². The maximum atomic E-state index is 10.1. The largest absolute Gasteiger partial charge is 0.506 e. The van der Waals surface area contributed by atoms with Gasteiger partial charge < -0.3 is 5.11 Å². The van der Waals surface area contributed by atoms with Crippen molar-refractivity contribution in [2.75, 3.05) is 0 Å². The number of nitrogens with zero attached hydrogens (tertiary/aromatic N) is 2. The third-order valence-corrected chi connectivity index (χ3v) is 4.58. The summed E-state index contributed by atoms with van der Waals surface area (Å²) >= 11 is 1.51. The van der Waals surface area contributed by atoms with Crippen molar-refractivity contribution in [1.29, 1.82) is 0 Å². The Labute approximate surface area is 138 Å². The third-order valence-electron chi connectivity index (χ3n) is 3.66. The molecule has 0 saturated heterocycles. The Morgan fingerprint density at radius 3 is 2.22 bits per heavy atom. The van der Waals surface area contributed by atoms with E-state index >= 15 is 0 Å². The van der Waals surface area contributed by atoms with Gasteiger partial charge in [-0.1, -0.05) is 48.5 Å². The van der Waals surface area contributed by atoms with E-state index in [0.29, 0.717) is 0 Å². The minimum Gasteiger partial charge on any atom is -0.506 e. The van der Waals surface area contributed by atoms with Gasteiger partial charge >= 0.3 is 0 Å². The van der Waals surface area contributed by atoms with Crippen molar-refractivity contribution in [3.8, 4) is 33.3 Å². The fraction of sp³-hybridized carbons (Fsp3) is 0. The molecule has 2 aromatic heterocycles. The van der Waals surface area contributed by atoms with E-state index in [1.165, 1.54) is 11.3 Å². The summed E-state index contributed by atoms with van der Waals surface area (Å²) in [5.41, 5.74) is 3.80. The number of hydrogen-bond donors (Lipinski definition) is 1. The first-order valence-corrected chi connectivity index (χ1v) is 8.18. The lowest BCUT2D eigenvalue weighted by Gasteiger charge is -2.06. The lowest BCUT2D eigenvalue weighted by molar-refractivity contribution is 0.479. The van der Waals surface area contributed by atoms with E-state index in [-0.39, 0.29) is 5.75 Å². The average molecular weight is 318 g/mol. The lowest BCUT2D eigenvalue weighted by Crippen LogP contribution is -1.98. The number of hydrogen-bond acceptors (Lipinski definition) is 3. The van der Waals surface area contributed by atoms with Gasteiger partial charge in [-0.25, -0.2) is 4.68 Å². The molecule has 23 heavy (non-hydrogen) atoms. The van der Waals surface area contributed by atoms with Crippen LogP contribution in [0.2, 0.25) is 0 Å². The number of benzene rings is 2. The van der Waals surface area contributed by atoms with Crippen molar-refractivity contribution in [1.82, 2.24) is 9.78 Å². The molecule has 0 aliphatic rings. The number of thiophene rings is 1. The third kappa shape index (κ3) is 2.53. The smallest absolute Gasteiger partial charge is 0.135 e. The molecule has 1 N–H and O–H groups in total. The van der Waals surface area contributed by atoms with E-state index in [9.17, 15) is 5.11 Å². The minimum absolute atomic E-state index is 0.284. The lowest BCUT2D eigenvalue weighted by atomic mass is 10.1. The number of aromatic nitrogens is 2. The summed E-state index contributed by atoms with van der Waals surface area (Å²) in [6, 6.07) is 23.8. The molecule has 2 heterocycles. The highest BCUT2D eigenvalue weighted by Gasteiger charge is 2.16. The van der Waals surface area contributed by atoms with Gasteiger partial charge in [0, 0.05) is 5.56 Å². The molecule has 3 nitrogen and oxygen atoms in total. The van der Waals surface area contributed by atoms with Gasteiger partial charge in [0.1, 0.15) is 5.75 Å². The number of rotatable bonds is 3. The van der Waals surface area contributed by atoms with Crippen LogP contribution < -0.4 is 0 Å². The molecule has 0 aliphatic carbocycles. The first kappa shape index (κ1) is 13.8. The molecule has 112 valence electrons. The van der Waals surface area contributed by atoms with Crippen LogP contribution in [0.15, 0.2) is 78.2 Å². The summed E-state index contributed by atoms with van der Waals surface area (Å²) in [6.45, 7) is 0. The second-order valence-corrected chi connectivity index (χ2v) is 6.08. The maximum absolute atomic E-state index is 10.1. The highest BCUT2D eigenvalue weighted by Crippen LogP contribution is 2.37. The predicted molar refractivity (Wildman–Crippen MR) is 94.0 cm³/mol. The first-order valence-electron chi connectivity index (χ1n) is 7.30. The van der Waals surface area contributed by atoms with E-state index in [1.807, 2.05) is 76.8 Å². The standard InChI is InChI=1S/C19H14N2OS/c22-18-11-12-23-19(18)17-13-16(14-7-3-1-4-8-14)20-21(17)15-9-5-2-6-10-15/h1-13,22H. The highest BCUT2D eigenvalue weighted by molar-refractivity contribution is 7.14. The van der Waals surface area contributed by atoms with E-state index < -0.39 is 0 Å². The predicted octanol–water partition coefficient (Wildman–Crippen LogP) is 4.97. The minimum atomic E-state index is 0.284. The zero-order chi connectivity index (χ0) is 15.6. The van der Waals surface area contributed by atoms with E-state index in [0.717, 1.165) is 27.5 Å². The molecule has 4 aromatic rings. The molecule has 0 radical (unpaired) electrons. The van der Waals surface area contributed by atoms with Gasteiger partial charge in [0.25, 0.3) is 0 Å². The molecule has 0 aliphatic heterocycles. The molecule has 4 heteroatoms. The summed E-state index contributed by atoms with van der Waals surface area (Å²) in [5, 5.41) is 16.8. The van der Waals surface area contributed by atoms with Crippen LogP contribution in [-0.2, 0) is 0 Å². The zero-order valence-corrected chi connectivity index (χ0v) is 13.1. The Morgan fingerprint density at radius 1 is 0.870 bits per heavy atom. The van der Waals surface area contributed by atoms with Gasteiger partial charge in [0.2, 0.25) is 0 Å². The molecule has 0 bridgehead atoms. The Kier molecular flexibility index (Phi) is 3.44. The molecular formula is C19H14N2OS. The van der Waals surface area contributed by atoms with Crippen molar-refractivity contribution in [3.63, 3.8) is 0 Å². The van der Waals surface area contributed by atoms with E-state index in [4.69, 9.17) is 5.10 Å².